The van der Waals surface area contributed by atoms with E-state index in [1.807, 2.05) is 49.8 Å². The average Bonchev–Trinajstić information content (AvgIpc) is 3.34. The van der Waals surface area contributed by atoms with Gasteiger partial charge in [-0.2, -0.15) is 5.10 Å². The summed E-state index contributed by atoms with van der Waals surface area (Å²) in [5.41, 5.74) is 4.93. The Morgan fingerprint density at radius 3 is 2.72 bits per heavy atom. The molecule has 1 aliphatic rings. The number of amides is 1. The van der Waals surface area contributed by atoms with Crippen LogP contribution in [0.1, 0.15) is 29.8 Å². The van der Waals surface area contributed by atoms with Crippen LogP contribution in [0.3, 0.4) is 0 Å². The Morgan fingerprint density at radius 1 is 1.08 bits per heavy atom. The number of fused-ring (bicyclic) bond motifs is 1. The van der Waals surface area contributed by atoms with Crippen LogP contribution >= 0.6 is 22.9 Å². The van der Waals surface area contributed by atoms with E-state index >= 15 is 0 Å². The summed E-state index contributed by atoms with van der Waals surface area (Å²) >= 11 is 2.24. The summed E-state index contributed by atoms with van der Waals surface area (Å²) in [5, 5.41) is 14.2. The predicted molar refractivity (Wildman–Crippen MR) is 153 cm³/mol. The zero-order valence-electron chi connectivity index (χ0n) is 20.2. The summed E-state index contributed by atoms with van der Waals surface area (Å²) in [6.07, 6.45) is 9.17. The fourth-order valence-electron chi connectivity index (χ4n) is 4.38. The van der Waals surface area contributed by atoms with Crippen LogP contribution in [0, 0.1) is 0 Å². The van der Waals surface area contributed by atoms with E-state index in [0.29, 0.717) is 11.4 Å². The van der Waals surface area contributed by atoms with Crippen molar-refractivity contribution in [3.63, 3.8) is 0 Å². The van der Waals surface area contributed by atoms with Crippen molar-refractivity contribution in [1.82, 2.24) is 23.3 Å². The number of halogens is 1. The third-order valence-corrected chi connectivity index (χ3v) is 6.79. The molecule has 5 rings (SSSR count). The molecule has 1 aliphatic heterocycles. The van der Waals surface area contributed by atoms with Gasteiger partial charge in [0.25, 0.3) is 5.91 Å². The van der Waals surface area contributed by atoms with Crippen LogP contribution in [0.5, 0.6) is 0 Å². The van der Waals surface area contributed by atoms with Gasteiger partial charge in [0.1, 0.15) is 5.82 Å². The van der Waals surface area contributed by atoms with E-state index in [9.17, 15) is 4.79 Å². The predicted octanol–water partition coefficient (Wildman–Crippen LogP) is 4.96. The summed E-state index contributed by atoms with van der Waals surface area (Å²) in [5.74, 6) is 0.481. The van der Waals surface area contributed by atoms with E-state index in [2.05, 4.69) is 67.7 Å². The van der Waals surface area contributed by atoms with E-state index < -0.39 is 0 Å². The maximum Gasteiger partial charge on any atom is 0.276 e. The molecule has 0 saturated carbocycles. The van der Waals surface area contributed by atoms with Crippen molar-refractivity contribution in [1.29, 1.82) is 0 Å². The van der Waals surface area contributed by atoms with Gasteiger partial charge in [-0.25, -0.2) is 8.10 Å². The van der Waals surface area contributed by atoms with Crippen molar-refractivity contribution in [2.24, 2.45) is 0 Å². The number of anilines is 3. The molecule has 1 amide bonds. The molecule has 4 heterocycles. The lowest BCUT2D eigenvalue weighted by Crippen LogP contribution is -2.29. The number of hydrogen-bond donors (Lipinski definition) is 3. The van der Waals surface area contributed by atoms with E-state index in [1.165, 1.54) is 19.3 Å². The minimum Gasteiger partial charge on any atom is -0.370 e. The van der Waals surface area contributed by atoms with Gasteiger partial charge < -0.3 is 15.5 Å². The van der Waals surface area contributed by atoms with Crippen molar-refractivity contribution in [2.75, 3.05) is 48.8 Å². The molecule has 9 nitrogen and oxygen atoms in total. The lowest BCUT2D eigenvalue weighted by molar-refractivity contribution is 0.102. The van der Waals surface area contributed by atoms with Crippen molar-refractivity contribution < 1.29 is 4.79 Å². The van der Waals surface area contributed by atoms with Gasteiger partial charge in [0, 0.05) is 66.2 Å². The fraction of sp³-hybridized carbons (Fsp3) is 0.308. The average molecular weight is 596 g/mol. The third-order valence-electron chi connectivity index (χ3n) is 6.30. The molecule has 0 aliphatic carbocycles. The van der Waals surface area contributed by atoms with Gasteiger partial charge in [-0.1, -0.05) is 6.07 Å². The Bertz CT molecular complexity index is 1330. The Kier molecular flexibility index (Phi) is 7.61. The minimum absolute atomic E-state index is 0.285. The highest BCUT2D eigenvalue weighted by Gasteiger charge is 2.17. The summed E-state index contributed by atoms with van der Waals surface area (Å²) < 4.78 is 2.07. The van der Waals surface area contributed by atoms with Crippen LogP contribution in [-0.4, -0.2) is 62.4 Å². The molecular weight excluding hydrogens is 567 g/mol. The molecule has 1 saturated heterocycles. The summed E-state index contributed by atoms with van der Waals surface area (Å²) in [6.45, 7) is 3.82. The number of H-pyrrole nitrogens is 1. The first-order chi connectivity index (χ1) is 17.6. The maximum absolute atomic E-state index is 13.1. The van der Waals surface area contributed by atoms with Gasteiger partial charge in [0.15, 0.2) is 5.69 Å². The van der Waals surface area contributed by atoms with Crippen molar-refractivity contribution >= 4 is 56.9 Å². The molecule has 10 heteroatoms. The Balaban J connectivity index is 1.32. The SMILES string of the molecule is CN(I)CCNc1ccc(NC(=O)c2n[nH]c3ccc(-c4cncc(N5CCCCC5)c4)cc23)cn1. The summed E-state index contributed by atoms with van der Waals surface area (Å²) in [6, 6.07) is 11.9. The van der Waals surface area contributed by atoms with Gasteiger partial charge in [-0.15, -0.1) is 0 Å². The quantitative estimate of drug-likeness (QED) is 0.195. The zero-order chi connectivity index (χ0) is 24.9. The molecule has 0 unspecified atom stereocenters. The Hall–Kier alpha value is -3.25. The molecule has 36 heavy (non-hydrogen) atoms. The lowest BCUT2D eigenvalue weighted by Gasteiger charge is -2.28. The van der Waals surface area contributed by atoms with Gasteiger partial charge in [-0.05, 0) is 62.2 Å². The molecule has 0 atom stereocenters. The monoisotopic (exact) mass is 596 g/mol. The van der Waals surface area contributed by atoms with Gasteiger partial charge in [0.05, 0.1) is 29.3 Å². The number of nitrogens with zero attached hydrogens (tertiary/aromatic N) is 5. The number of carbonyl (C=O) groups is 1. The van der Waals surface area contributed by atoms with E-state index in [1.54, 1.807) is 6.20 Å². The molecule has 0 radical (unpaired) electrons. The molecular formula is C26H29IN8O. The van der Waals surface area contributed by atoms with Crippen LogP contribution < -0.4 is 15.5 Å². The van der Waals surface area contributed by atoms with Crippen LogP contribution in [0.25, 0.3) is 22.0 Å². The largest absolute Gasteiger partial charge is 0.370 e. The molecule has 3 N–H and O–H groups in total. The first-order valence-corrected chi connectivity index (χ1v) is 13.1. The zero-order valence-corrected chi connectivity index (χ0v) is 22.3. The van der Waals surface area contributed by atoms with Crippen LogP contribution in [-0.2, 0) is 0 Å². The minimum atomic E-state index is -0.285. The lowest BCUT2D eigenvalue weighted by atomic mass is 10.0. The number of piperidine rings is 1. The van der Waals surface area contributed by atoms with Crippen molar-refractivity contribution in [3.05, 3.63) is 60.7 Å². The number of aromatic nitrogens is 4. The Morgan fingerprint density at radius 2 is 1.94 bits per heavy atom. The summed E-state index contributed by atoms with van der Waals surface area (Å²) in [4.78, 5) is 24.3. The molecule has 4 aromatic rings. The topological polar surface area (TPSA) is 102 Å². The highest BCUT2D eigenvalue weighted by atomic mass is 127. The van der Waals surface area contributed by atoms with Crippen LogP contribution in [0.2, 0.25) is 0 Å². The van der Waals surface area contributed by atoms with Gasteiger partial charge in [-0.3, -0.25) is 14.9 Å². The molecule has 1 fully saturated rings. The van der Waals surface area contributed by atoms with Gasteiger partial charge in [0.2, 0.25) is 0 Å². The highest BCUT2D eigenvalue weighted by Crippen LogP contribution is 2.29. The second kappa shape index (κ2) is 11.2. The first-order valence-electron chi connectivity index (χ1n) is 12.1. The fourth-order valence-corrected chi connectivity index (χ4v) is 4.62. The number of likely N-dealkylation sites (N-methyl/N-ethyl adjacent to an activating group) is 1. The molecule has 0 spiro atoms. The van der Waals surface area contributed by atoms with Crippen molar-refractivity contribution in [2.45, 2.75) is 19.3 Å². The number of aromatic amines is 1. The first kappa shape index (κ1) is 24.4. The number of hydrogen-bond acceptors (Lipinski definition) is 7. The molecule has 186 valence electrons. The normalized spacial score (nSPS) is 13.8. The number of benzene rings is 1. The van der Waals surface area contributed by atoms with Crippen molar-refractivity contribution in [3.8, 4) is 11.1 Å². The third kappa shape index (κ3) is 5.76. The number of carbonyl (C=O) groups excluding carboxylic acids is 1. The van der Waals surface area contributed by atoms with Crippen LogP contribution in [0.4, 0.5) is 17.2 Å². The number of rotatable bonds is 8. The molecule has 3 aromatic heterocycles. The maximum atomic E-state index is 13.1. The number of pyridine rings is 2. The van der Waals surface area contributed by atoms with E-state index in [-0.39, 0.29) is 5.91 Å². The molecule has 0 bridgehead atoms. The highest BCUT2D eigenvalue weighted by molar-refractivity contribution is 14.1. The molecule has 1 aromatic carbocycles. The van der Waals surface area contributed by atoms with Crippen LogP contribution in [0.15, 0.2) is 55.0 Å². The smallest absolute Gasteiger partial charge is 0.276 e. The summed E-state index contributed by atoms with van der Waals surface area (Å²) in [7, 11) is 2.01. The Labute approximate surface area is 224 Å². The second-order valence-electron chi connectivity index (χ2n) is 8.95. The second-order valence-corrected chi connectivity index (χ2v) is 10.6. The van der Waals surface area contributed by atoms with E-state index in [4.69, 9.17) is 0 Å². The van der Waals surface area contributed by atoms with Gasteiger partial charge >= 0.3 is 0 Å². The van der Waals surface area contributed by atoms with E-state index in [0.717, 1.165) is 59.7 Å². The standard InChI is InChI=1S/C26H29IN8O/c1-34(27)12-9-29-24-8-6-20(16-30-24)31-26(36)25-22-14-18(5-7-23(22)32-33-25)19-13-21(17-28-15-19)35-10-3-2-4-11-35/h5-8,13-17H,2-4,9-12H2,1H3,(H,29,30)(H,31,36)(H,32,33). The number of nitrogens with one attached hydrogen (secondary N) is 3.